The van der Waals surface area contributed by atoms with Crippen LogP contribution in [0.25, 0.3) is 22.3 Å². The van der Waals surface area contributed by atoms with Crippen molar-refractivity contribution in [1.82, 2.24) is 24.8 Å². The van der Waals surface area contributed by atoms with E-state index in [1.165, 1.54) is 10.9 Å². The molecule has 1 aliphatic heterocycles. The number of ketones is 1. The molecule has 1 aliphatic rings. The van der Waals surface area contributed by atoms with Crippen LogP contribution in [-0.4, -0.2) is 37.9 Å². The zero-order chi connectivity index (χ0) is 19.5. The van der Waals surface area contributed by atoms with Crippen molar-refractivity contribution in [3.63, 3.8) is 0 Å². The van der Waals surface area contributed by atoms with Crippen molar-refractivity contribution < 1.29 is 4.79 Å². The van der Waals surface area contributed by atoms with Crippen molar-refractivity contribution in [2.75, 3.05) is 6.54 Å². The molecule has 4 rings (SSSR count). The van der Waals surface area contributed by atoms with Gasteiger partial charge in [-0.2, -0.15) is 0 Å². The summed E-state index contributed by atoms with van der Waals surface area (Å²) in [6.07, 6.45) is 8.60. The monoisotopic (exact) mass is 377 g/mol. The van der Waals surface area contributed by atoms with Crippen LogP contribution < -0.4 is 10.9 Å². The minimum atomic E-state index is -0.288. The molecule has 1 saturated heterocycles. The highest BCUT2D eigenvalue weighted by atomic mass is 16.1. The van der Waals surface area contributed by atoms with Gasteiger partial charge in [0.2, 0.25) is 0 Å². The van der Waals surface area contributed by atoms with Gasteiger partial charge in [0.15, 0.2) is 11.3 Å². The van der Waals surface area contributed by atoms with Crippen LogP contribution in [0.3, 0.4) is 0 Å². The Labute approximate surface area is 162 Å². The highest BCUT2D eigenvalue weighted by molar-refractivity contribution is 5.82. The van der Waals surface area contributed by atoms with Gasteiger partial charge in [0.1, 0.15) is 0 Å². The number of pyridine rings is 2. The largest absolute Gasteiger partial charge is 0.314 e. The van der Waals surface area contributed by atoms with Crippen LogP contribution in [0.5, 0.6) is 0 Å². The molecule has 4 heterocycles. The Morgan fingerprint density at radius 2 is 2.21 bits per heavy atom. The van der Waals surface area contributed by atoms with Crippen molar-refractivity contribution in [3.8, 4) is 11.3 Å². The van der Waals surface area contributed by atoms with E-state index in [2.05, 4.69) is 20.3 Å². The molecular formula is C21H23N5O2. The average Bonchev–Trinajstić information content (AvgIpc) is 2.71. The molecule has 144 valence electrons. The van der Waals surface area contributed by atoms with Crippen LogP contribution in [0, 0.1) is 6.92 Å². The van der Waals surface area contributed by atoms with E-state index in [4.69, 9.17) is 0 Å². The fourth-order valence-electron chi connectivity index (χ4n) is 3.70. The third kappa shape index (κ3) is 3.84. The van der Waals surface area contributed by atoms with Gasteiger partial charge in [-0.1, -0.05) is 6.42 Å². The summed E-state index contributed by atoms with van der Waals surface area (Å²) in [6.45, 7) is 2.88. The van der Waals surface area contributed by atoms with E-state index < -0.39 is 0 Å². The summed E-state index contributed by atoms with van der Waals surface area (Å²) in [4.78, 5) is 38.5. The number of fused-ring (bicyclic) bond motifs is 1. The molecule has 1 atom stereocenters. The first-order chi connectivity index (χ1) is 13.6. The molecule has 3 aromatic heterocycles. The molecule has 0 saturated carbocycles. The minimum Gasteiger partial charge on any atom is -0.314 e. The number of carbonyl (C=O) groups excluding carboxylic acids is 1. The summed E-state index contributed by atoms with van der Waals surface area (Å²) in [5, 5.41) is 3.37. The molecule has 0 radical (unpaired) electrons. The number of rotatable bonds is 5. The number of piperidine rings is 1. The smallest absolute Gasteiger partial charge is 0.280 e. The standard InChI is InChI=1S/C21H23N5O2/c1-14-9-18(15-5-4-7-22-11-15)25-20-19(14)24-13-26(21(20)28)12-17(27)10-16-6-2-3-8-23-16/h4-5,7,9,11,13,16,23H,2-3,6,8,10,12H2,1H3/t16-/m0/s1. The number of nitrogens with zero attached hydrogens (tertiary/aromatic N) is 4. The molecule has 0 unspecified atom stereocenters. The zero-order valence-electron chi connectivity index (χ0n) is 15.9. The van der Waals surface area contributed by atoms with Crippen molar-refractivity contribution >= 4 is 16.8 Å². The summed E-state index contributed by atoms with van der Waals surface area (Å²) in [5.41, 5.74) is 2.93. The highest BCUT2D eigenvalue weighted by Crippen LogP contribution is 2.20. The molecule has 0 amide bonds. The van der Waals surface area contributed by atoms with Gasteiger partial charge in [0.25, 0.3) is 5.56 Å². The van der Waals surface area contributed by atoms with Crippen molar-refractivity contribution in [3.05, 3.63) is 52.8 Å². The average molecular weight is 377 g/mol. The SMILES string of the molecule is Cc1cc(-c2cccnc2)nc2c(=O)n(CC(=O)C[C@@H]3CCCCN3)cnc12. The van der Waals surface area contributed by atoms with Crippen molar-refractivity contribution in [2.24, 2.45) is 0 Å². The summed E-state index contributed by atoms with van der Waals surface area (Å²) < 4.78 is 1.37. The fraction of sp³-hybridized carbons (Fsp3) is 0.381. The number of hydrogen-bond acceptors (Lipinski definition) is 6. The molecular weight excluding hydrogens is 354 g/mol. The van der Waals surface area contributed by atoms with Gasteiger partial charge in [-0.3, -0.25) is 19.1 Å². The second-order valence-corrected chi connectivity index (χ2v) is 7.33. The Balaban J connectivity index is 1.64. The van der Waals surface area contributed by atoms with Gasteiger partial charge in [-0.05, 0) is 50.1 Å². The van der Waals surface area contributed by atoms with Gasteiger partial charge < -0.3 is 5.32 Å². The van der Waals surface area contributed by atoms with Crippen LogP contribution >= 0.6 is 0 Å². The predicted octanol–water partition coefficient (Wildman–Crippen LogP) is 2.26. The van der Waals surface area contributed by atoms with Crippen molar-refractivity contribution in [1.29, 1.82) is 0 Å². The summed E-state index contributed by atoms with van der Waals surface area (Å²) in [6, 6.07) is 5.84. The Morgan fingerprint density at radius 1 is 1.32 bits per heavy atom. The maximum Gasteiger partial charge on any atom is 0.280 e. The first-order valence-corrected chi connectivity index (χ1v) is 9.64. The van der Waals surface area contributed by atoms with Crippen molar-refractivity contribution in [2.45, 2.75) is 45.2 Å². The van der Waals surface area contributed by atoms with E-state index in [9.17, 15) is 9.59 Å². The lowest BCUT2D eigenvalue weighted by Gasteiger charge is -2.22. The summed E-state index contributed by atoms with van der Waals surface area (Å²) >= 11 is 0. The van der Waals surface area contributed by atoms with Crippen LogP contribution in [0.4, 0.5) is 0 Å². The van der Waals surface area contributed by atoms with Gasteiger partial charge in [-0.25, -0.2) is 9.97 Å². The minimum absolute atomic E-state index is 0.0256. The van der Waals surface area contributed by atoms with E-state index in [1.807, 2.05) is 25.1 Å². The molecule has 3 aromatic rings. The fourth-order valence-corrected chi connectivity index (χ4v) is 3.70. The molecule has 7 heteroatoms. The lowest BCUT2D eigenvalue weighted by molar-refractivity contribution is -0.120. The number of hydrogen-bond donors (Lipinski definition) is 1. The molecule has 0 aliphatic carbocycles. The Hall–Kier alpha value is -2.93. The number of aryl methyl sites for hydroxylation is 1. The number of aromatic nitrogens is 4. The lowest BCUT2D eigenvalue weighted by Crippen LogP contribution is -2.37. The van der Waals surface area contributed by atoms with Crippen LogP contribution in [0.2, 0.25) is 0 Å². The van der Waals surface area contributed by atoms with E-state index in [1.54, 1.807) is 12.4 Å². The molecule has 0 bridgehead atoms. The van der Waals surface area contributed by atoms with Gasteiger partial charge >= 0.3 is 0 Å². The molecule has 1 N–H and O–H groups in total. The predicted molar refractivity (Wildman–Crippen MR) is 107 cm³/mol. The Kier molecular flexibility index (Phi) is 5.25. The zero-order valence-corrected chi connectivity index (χ0v) is 15.9. The van der Waals surface area contributed by atoms with Gasteiger partial charge in [-0.15, -0.1) is 0 Å². The topological polar surface area (TPSA) is 89.8 Å². The van der Waals surface area contributed by atoms with Gasteiger partial charge in [0, 0.05) is 30.4 Å². The number of Topliss-reactive ketones (excluding diaryl/α,β-unsaturated/α-hetero) is 1. The number of carbonyl (C=O) groups is 1. The van der Waals surface area contributed by atoms with E-state index in [0.717, 1.165) is 36.9 Å². The van der Waals surface area contributed by atoms with Crippen LogP contribution in [-0.2, 0) is 11.3 Å². The van der Waals surface area contributed by atoms with Crippen LogP contribution in [0.1, 0.15) is 31.2 Å². The molecule has 7 nitrogen and oxygen atoms in total. The molecule has 0 aromatic carbocycles. The molecule has 28 heavy (non-hydrogen) atoms. The quantitative estimate of drug-likeness (QED) is 0.734. The van der Waals surface area contributed by atoms with E-state index in [-0.39, 0.29) is 29.4 Å². The number of nitrogens with one attached hydrogen (secondary N) is 1. The summed E-state index contributed by atoms with van der Waals surface area (Å²) in [7, 11) is 0. The normalized spacial score (nSPS) is 17.0. The third-order valence-electron chi connectivity index (χ3n) is 5.16. The second kappa shape index (κ2) is 7.98. The second-order valence-electron chi connectivity index (χ2n) is 7.33. The van der Waals surface area contributed by atoms with E-state index >= 15 is 0 Å². The third-order valence-corrected chi connectivity index (χ3v) is 5.16. The maximum absolute atomic E-state index is 13.0. The summed E-state index contributed by atoms with van der Waals surface area (Å²) in [5.74, 6) is 0.0304. The first kappa shape index (κ1) is 18.4. The highest BCUT2D eigenvalue weighted by Gasteiger charge is 2.18. The van der Waals surface area contributed by atoms with Crippen LogP contribution in [0.15, 0.2) is 41.7 Å². The Morgan fingerprint density at radius 3 is 2.96 bits per heavy atom. The van der Waals surface area contributed by atoms with E-state index in [0.29, 0.717) is 17.6 Å². The molecule has 0 spiro atoms. The van der Waals surface area contributed by atoms with Gasteiger partial charge in [0.05, 0.1) is 24.1 Å². The lowest BCUT2D eigenvalue weighted by atomic mass is 10.00. The maximum atomic E-state index is 13.0. The molecule has 1 fully saturated rings. The first-order valence-electron chi connectivity index (χ1n) is 9.64. The Bertz CT molecular complexity index is 1060.